The summed E-state index contributed by atoms with van der Waals surface area (Å²) in [7, 11) is 0. The number of hydrogen-bond donors (Lipinski definition) is 1. The van der Waals surface area contributed by atoms with Crippen LogP contribution in [-0.2, 0) is 20.7 Å². The third-order valence-corrected chi connectivity index (χ3v) is 2.24. The standard InChI is InChI=1S/C13H14N2O4/c1-2-18-12(16)11(15-14)13(17)19-9-8-10-6-4-3-5-7-10/h3-7H,2,8-9H2,1H3/p+1. The van der Waals surface area contributed by atoms with Crippen molar-refractivity contribution in [2.45, 2.75) is 13.3 Å². The van der Waals surface area contributed by atoms with Crippen LogP contribution >= 0.6 is 0 Å². The quantitative estimate of drug-likeness (QED) is 0.368. The van der Waals surface area contributed by atoms with Crippen molar-refractivity contribution in [1.82, 2.24) is 0 Å². The van der Waals surface area contributed by atoms with Crippen molar-refractivity contribution in [3.63, 3.8) is 0 Å². The van der Waals surface area contributed by atoms with Crippen molar-refractivity contribution in [2.75, 3.05) is 13.2 Å². The molecule has 19 heavy (non-hydrogen) atoms. The summed E-state index contributed by atoms with van der Waals surface area (Å²) in [5, 5.41) is 18.1. The summed E-state index contributed by atoms with van der Waals surface area (Å²) < 4.78 is 9.54. The second-order valence-corrected chi connectivity index (χ2v) is 3.56. The normalized spacial score (nSPS) is 11.2. The Balaban J connectivity index is 2.55. The van der Waals surface area contributed by atoms with E-state index in [0.29, 0.717) is 6.42 Å². The van der Waals surface area contributed by atoms with Crippen LogP contribution in [0, 0.1) is 5.39 Å². The lowest BCUT2D eigenvalue weighted by atomic mass is 10.2. The molecule has 1 rings (SSSR count). The highest BCUT2D eigenvalue weighted by molar-refractivity contribution is 5.90. The molecule has 0 unspecified atom stereocenters. The van der Waals surface area contributed by atoms with Gasteiger partial charge < -0.3 is 14.6 Å². The Bertz CT molecular complexity index is 491. The van der Waals surface area contributed by atoms with Gasteiger partial charge in [0, 0.05) is 6.42 Å². The number of diazo groups is 1. The second-order valence-electron chi connectivity index (χ2n) is 3.56. The molecule has 0 aromatic heterocycles. The number of rotatable bonds is 6. The fraction of sp³-hybridized carbons (Fsp3) is 0.308. The average Bonchev–Trinajstić information content (AvgIpc) is 2.41. The van der Waals surface area contributed by atoms with Crippen molar-refractivity contribution in [2.24, 2.45) is 0 Å². The molecule has 0 atom stereocenters. The Morgan fingerprint density at radius 3 is 2.58 bits per heavy atom. The minimum Gasteiger partial charge on any atom is -0.475 e. The number of aliphatic hydroxyl groups excluding tert-OH is 1. The molecule has 0 bridgehead atoms. The summed E-state index contributed by atoms with van der Waals surface area (Å²) >= 11 is 0. The zero-order chi connectivity index (χ0) is 14.1. The Hall–Kier alpha value is -2.55. The van der Waals surface area contributed by atoms with Gasteiger partial charge in [0.25, 0.3) is 0 Å². The first-order chi connectivity index (χ1) is 9.19. The fourth-order valence-corrected chi connectivity index (χ4v) is 1.35. The van der Waals surface area contributed by atoms with Crippen molar-refractivity contribution in [3.05, 3.63) is 52.5 Å². The molecule has 0 aliphatic rings. The number of carbonyl (C=O) groups is 1. The zero-order valence-electron chi connectivity index (χ0n) is 10.6. The predicted octanol–water partition coefficient (Wildman–Crippen LogP) is 2.39. The fourth-order valence-electron chi connectivity index (χ4n) is 1.35. The minimum absolute atomic E-state index is 0.106. The lowest BCUT2D eigenvalue weighted by molar-refractivity contribution is -0.138. The highest BCUT2D eigenvalue weighted by Crippen LogP contribution is 2.09. The van der Waals surface area contributed by atoms with Gasteiger partial charge in [0.15, 0.2) is 4.98 Å². The van der Waals surface area contributed by atoms with Crippen LogP contribution < -0.4 is 0 Å². The summed E-state index contributed by atoms with van der Waals surface area (Å²) in [6.45, 7) is 1.85. The van der Waals surface area contributed by atoms with E-state index in [-0.39, 0.29) is 13.2 Å². The van der Waals surface area contributed by atoms with E-state index >= 15 is 0 Å². The molecule has 1 aromatic rings. The van der Waals surface area contributed by atoms with Gasteiger partial charge in [0.05, 0.1) is 13.2 Å². The molecule has 6 heteroatoms. The molecule has 1 N–H and O–H groups in total. The number of benzene rings is 1. The summed E-state index contributed by atoms with van der Waals surface area (Å²) in [6, 6.07) is 9.49. The van der Waals surface area contributed by atoms with Crippen molar-refractivity contribution >= 4 is 5.97 Å². The zero-order valence-corrected chi connectivity index (χ0v) is 10.6. The molecule has 0 saturated heterocycles. The second kappa shape index (κ2) is 7.71. The van der Waals surface area contributed by atoms with E-state index in [0.717, 1.165) is 5.56 Å². The lowest BCUT2D eigenvalue weighted by Crippen LogP contribution is -2.10. The van der Waals surface area contributed by atoms with E-state index in [1.807, 2.05) is 30.3 Å². The van der Waals surface area contributed by atoms with Gasteiger partial charge in [-0.25, -0.2) is 4.79 Å². The first-order valence-electron chi connectivity index (χ1n) is 5.81. The van der Waals surface area contributed by atoms with E-state index in [2.05, 4.69) is 9.71 Å². The number of esters is 1. The molecule has 6 nitrogen and oxygen atoms in total. The van der Waals surface area contributed by atoms with E-state index < -0.39 is 17.6 Å². The molecule has 0 amide bonds. The molecule has 0 fully saturated rings. The summed E-state index contributed by atoms with van der Waals surface area (Å²) in [5.41, 5.74) is 0.379. The van der Waals surface area contributed by atoms with Crippen LogP contribution in [0.1, 0.15) is 12.5 Å². The molecule has 0 radical (unpaired) electrons. The number of nitrogens with zero attached hydrogens (tertiary/aromatic N) is 2. The van der Waals surface area contributed by atoms with Crippen LogP contribution in [0.3, 0.4) is 0 Å². The van der Waals surface area contributed by atoms with Crippen molar-refractivity contribution in [3.8, 4) is 0 Å². The molecule has 0 spiro atoms. The van der Waals surface area contributed by atoms with Gasteiger partial charge >= 0.3 is 17.6 Å². The van der Waals surface area contributed by atoms with E-state index in [1.54, 1.807) is 6.92 Å². The number of aliphatic hydroxyl groups is 1. The third-order valence-electron chi connectivity index (χ3n) is 2.24. The smallest absolute Gasteiger partial charge is 0.475 e. The van der Waals surface area contributed by atoms with Gasteiger partial charge in [0.2, 0.25) is 5.39 Å². The summed E-state index contributed by atoms with van der Waals surface area (Å²) in [5.74, 6) is -1.70. The molecule has 100 valence electrons. The van der Waals surface area contributed by atoms with Gasteiger partial charge in [-0.2, -0.15) is 0 Å². The van der Waals surface area contributed by atoms with Crippen LogP contribution in [0.5, 0.6) is 0 Å². The van der Waals surface area contributed by atoms with Crippen LogP contribution in [0.25, 0.3) is 4.98 Å². The van der Waals surface area contributed by atoms with Gasteiger partial charge in [-0.15, -0.1) is 0 Å². The molecular weight excluding hydrogens is 248 g/mol. The van der Waals surface area contributed by atoms with Crippen LogP contribution in [0.2, 0.25) is 0 Å². The highest BCUT2D eigenvalue weighted by Gasteiger charge is 2.32. The lowest BCUT2D eigenvalue weighted by Gasteiger charge is -2.03. The Morgan fingerprint density at radius 2 is 2.00 bits per heavy atom. The maximum absolute atomic E-state index is 11.3. The van der Waals surface area contributed by atoms with Crippen molar-refractivity contribution in [1.29, 1.82) is 5.39 Å². The predicted molar refractivity (Wildman–Crippen MR) is 67.5 cm³/mol. The third kappa shape index (κ3) is 4.68. The van der Waals surface area contributed by atoms with Crippen LogP contribution in [0.4, 0.5) is 0 Å². The van der Waals surface area contributed by atoms with Crippen LogP contribution in [0.15, 0.2) is 42.0 Å². The Labute approximate surface area is 110 Å². The van der Waals surface area contributed by atoms with E-state index in [4.69, 9.17) is 10.1 Å². The molecule has 0 saturated carbocycles. The minimum atomic E-state index is -0.942. The SMILES string of the molecule is CCOC(=O)/C([N+]#N)=C(\O)OCCc1ccccc1. The topological polar surface area (TPSA) is 83.9 Å². The van der Waals surface area contributed by atoms with Gasteiger partial charge in [-0.3, -0.25) is 0 Å². The van der Waals surface area contributed by atoms with E-state index in [9.17, 15) is 9.90 Å². The largest absolute Gasteiger partial charge is 0.547 e. The monoisotopic (exact) mass is 263 g/mol. The average molecular weight is 263 g/mol. The molecule has 1 aromatic carbocycles. The molecule has 0 aliphatic carbocycles. The maximum atomic E-state index is 11.3. The van der Waals surface area contributed by atoms with Gasteiger partial charge in [-0.05, 0) is 12.5 Å². The first kappa shape index (κ1) is 14.5. The Kier molecular flexibility index (Phi) is 5.89. The van der Waals surface area contributed by atoms with Crippen molar-refractivity contribution < 1.29 is 19.4 Å². The van der Waals surface area contributed by atoms with Gasteiger partial charge in [0.1, 0.15) is 0 Å². The Morgan fingerprint density at radius 1 is 1.32 bits per heavy atom. The highest BCUT2D eigenvalue weighted by atomic mass is 16.6. The van der Waals surface area contributed by atoms with Gasteiger partial charge in [-0.1, -0.05) is 30.3 Å². The number of ether oxygens (including phenoxy) is 2. The van der Waals surface area contributed by atoms with E-state index in [1.165, 1.54) is 0 Å². The molecule has 0 heterocycles. The molecule has 0 aliphatic heterocycles. The number of hydrogen-bond acceptors (Lipinski definition) is 5. The first-order valence-corrected chi connectivity index (χ1v) is 5.81. The summed E-state index contributed by atoms with van der Waals surface area (Å²) in [6.07, 6.45) is 0.548. The molecular formula is C13H15N2O4+. The van der Waals surface area contributed by atoms with Crippen LogP contribution in [-0.4, -0.2) is 24.3 Å². The maximum Gasteiger partial charge on any atom is 0.547 e. The summed E-state index contributed by atoms with van der Waals surface area (Å²) in [4.78, 5) is 13.9. The number of carbonyl (C=O) groups excluding carboxylic acids is 1.